The van der Waals surface area contributed by atoms with Crippen LogP contribution in [0, 0.1) is 0 Å². The molecule has 5 nitrogen and oxygen atoms in total. The lowest BCUT2D eigenvalue weighted by atomic mass is 10.2. The third-order valence-corrected chi connectivity index (χ3v) is 2.49. The lowest BCUT2D eigenvalue weighted by Crippen LogP contribution is -2.33. The largest absolute Gasteiger partial charge is 0.443 e. The Bertz CT molecular complexity index is 373. The van der Waals surface area contributed by atoms with Gasteiger partial charge in [-0.25, -0.2) is 4.98 Å². The Hall–Kier alpha value is -1.36. The van der Waals surface area contributed by atoms with Crippen molar-refractivity contribution in [3.05, 3.63) is 17.3 Å². The summed E-state index contributed by atoms with van der Waals surface area (Å²) in [6.45, 7) is 3.22. The third-order valence-electron chi connectivity index (χ3n) is 2.49. The number of carbonyl (C=O) groups excluding carboxylic acids is 1. The first-order valence-electron chi connectivity index (χ1n) is 4.92. The van der Waals surface area contributed by atoms with Crippen molar-refractivity contribution in [2.45, 2.75) is 26.5 Å². The van der Waals surface area contributed by atoms with Crippen LogP contribution in [-0.4, -0.2) is 29.4 Å². The van der Waals surface area contributed by atoms with Gasteiger partial charge in [0.15, 0.2) is 0 Å². The molecule has 5 heteroatoms. The molecule has 0 bridgehead atoms. The first-order valence-corrected chi connectivity index (χ1v) is 4.92. The molecule has 1 aliphatic rings. The Kier molecular flexibility index (Phi) is 2.73. The first-order chi connectivity index (χ1) is 7.20. The highest BCUT2D eigenvalue weighted by Crippen LogP contribution is 2.19. The summed E-state index contributed by atoms with van der Waals surface area (Å²) < 4.78 is 10.4. The van der Waals surface area contributed by atoms with Gasteiger partial charge in [0.25, 0.3) is 0 Å². The van der Waals surface area contributed by atoms with Gasteiger partial charge in [-0.05, 0) is 0 Å². The van der Waals surface area contributed by atoms with Crippen molar-refractivity contribution in [3.8, 4) is 0 Å². The third kappa shape index (κ3) is 2.02. The van der Waals surface area contributed by atoms with Crippen molar-refractivity contribution < 1.29 is 13.9 Å². The highest BCUT2D eigenvalue weighted by molar-refractivity contribution is 5.73. The first kappa shape index (κ1) is 10.2. The summed E-state index contributed by atoms with van der Waals surface area (Å²) in [6.07, 6.45) is 0.742. The predicted octanol–water partition coefficient (Wildman–Crippen LogP) is 0.726. The number of amides is 1. The van der Waals surface area contributed by atoms with Crippen molar-refractivity contribution in [1.82, 2.24) is 9.88 Å². The SMILES string of the molecule is COCc1nc2c(o1)CCN(C(C)=O)C2. The summed E-state index contributed by atoms with van der Waals surface area (Å²) in [4.78, 5) is 17.2. The van der Waals surface area contributed by atoms with Crippen molar-refractivity contribution >= 4 is 5.91 Å². The van der Waals surface area contributed by atoms with Gasteiger partial charge in [0.05, 0.1) is 6.54 Å². The maximum atomic E-state index is 11.2. The van der Waals surface area contributed by atoms with Crippen LogP contribution >= 0.6 is 0 Å². The molecule has 0 aliphatic carbocycles. The summed E-state index contributed by atoms with van der Waals surface area (Å²) in [5, 5.41) is 0. The van der Waals surface area contributed by atoms with Gasteiger partial charge in [-0.3, -0.25) is 4.79 Å². The quantitative estimate of drug-likeness (QED) is 0.722. The zero-order valence-corrected chi connectivity index (χ0v) is 8.95. The van der Waals surface area contributed by atoms with Crippen LogP contribution < -0.4 is 0 Å². The van der Waals surface area contributed by atoms with E-state index in [4.69, 9.17) is 9.15 Å². The molecule has 0 N–H and O–H groups in total. The molecule has 82 valence electrons. The van der Waals surface area contributed by atoms with Gasteiger partial charge in [-0.1, -0.05) is 0 Å². The minimum absolute atomic E-state index is 0.0805. The van der Waals surface area contributed by atoms with Crippen LogP contribution in [0.3, 0.4) is 0 Å². The monoisotopic (exact) mass is 210 g/mol. The zero-order valence-electron chi connectivity index (χ0n) is 8.95. The van der Waals surface area contributed by atoms with Crippen molar-refractivity contribution in [2.24, 2.45) is 0 Å². The van der Waals surface area contributed by atoms with E-state index in [0.717, 1.165) is 17.9 Å². The van der Waals surface area contributed by atoms with Crippen LogP contribution in [-0.2, 0) is 29.1 Å². The molecule has 1 aromatic heterocycles. The molecule has 15 heavy (non-hydrogen) atoms. The average Bonchev–Trinajstić information content (AvgIpc) is 2.59. The Morgan fingerprint density at radius 3 is 3.13 bits per heavy atom. The number of fused-ring (bicyclic) bond motifs is 1. The second kappa shape index (κ2) is 4.02. The predicted molar refractivity (Wildman–Crippen MR) is 52.0 cm³/mol. The molecule has 0 unspecified atom stereocenters. The summed E-state index contributed by atoms with van der Waals surface area (Å²) in [7, 11) is 1.60. The molecule has 2 rings (SSSR count). The van der Waals surface area contributed by atoms with E-state index in [1.165, 1.54) is 0 Å². The molecule has 0 saturated carbocycles. The lowest BCUT2D eigenvalue weighted by molar-refractivity contribution is -0.129. The smallest absolute Gasteiger partial charge is 0.220 e. The normalized spacial score (nSPS) is 15.2. The van der Waals surface area contributed by atoms with Crippen molar-refractivity contribution in [3.63, 3.8) is 0 Å². The van der Waals surface area contributed by atoms with Crippen LogP contribution in [0.1, 0.15) is 24.3 Å². The number of carbonyl (C=O) groups is 1. The Morgan fingerprint density at radius 1 is 1.67 bits per heavy atom. The molecule has 0 atom stereocenters. The molecule has 0 saturated heterocycles. The molecule has 2 heterocycles. The number of nitrogens with zero attached hydrogens (tertiary/aromatic N) is 2. The summed E-state index contributed by atoms with van der Waals surface area (Å²) in [6, 6.07) is 0. The number of aromatic nitrogens is 1. The molecular weight excluding hydrogens is 196 g/mol. The van der Waals surface area contributed by atoms with Gasteiger partial charge in [0.2, 0.25) is 11.8 Å². The van der Waals surface area contributed by atoms with Crippen molar-refractivity contribution in [1.29, 1.82) is 0 Å². The van der Waals surface area contributed by atoms with Crippen LogP contribution in [0.4, 0.5) is 0 Å². The minimum Gasteiger partial charge on any atom is -0.443 e. The van der Waals surface area contributed by atoms with Gasteiger partial charge in [0.1, 0.15) is 18.1 Å². The standard InChI is InChI=1S/C10H14N2O3/c1-7(13)12-4-3-9-8(5-12)11-10(15-9)6-14-2/h3-6H2,1-2H3. The van der Waals surface area contributed by atoms with E-state index in [9.17, 15) is 4.79 Å². The van der Waals surface area contributed by atoms with E-state index < -0.39 is 0 Å². The molecule has 0 radical (unpaired) electrons. The number of hydrogen-bond donors (Lipinski definition) is 0. The molecule has 0 spiro atoms. The lowest BCUT2D eigenvalue weighted by Gasteiger charge is -2.23. The molecule has 0 aromatic carbocycles. The maximum absolute atomic E-state index is 11.2. The van der Waals surface area contributed by atoms with Gasteiger partial charge in [-0.2, -0.15) is 0 Å². The van der Waals surface area contributed by atoms with Crippen LogP contribution in [0.15, 0.2) is 4.42 Å². The number of ether oxygens (including phenoxy) is 1. The molecule has 1 aliphatic heterocycles. The van der Waals surface area contributed by atoms with Gasteiger partial charge >= 0.3 is 0 Å². The fourth-order valence-corrected chi connectivity index (χ4v) is 1.71. The van der Waals surface area contributed by atoms with E-state index in [2.05, 4.69) is 4.98 Å². The highest BCUT2D eigenvalue weighted by atomic mass is 16.5. The van der Waals surface area contributed by atoms with E-state index in [0.29, 0.717) is 25.6 Å². The van der Waals surface area contributed by atoms with Gasteiger partial charge in [0, 0.05) is 27.0 Å². The highest BCUT2D eigenvalue weighted by Gasteiger charge is 2.23. The van der Waals surface area contributed by atoms with Gasteiger partial charge < -0.3 is 14.1 Å². The average molecular weight is 210 g/mol. The van der Waals surface area contributed by atoms with Crippen LogP contribution in [0.5, 0.6) is 0 Å². The number of oxazole rings is 1. The number of hydrogen-bond acceptors (Lipinski definition) is 4. The molecular formula is C10H14N2O3. The second-order valence-electron chi connectivity index (χ2n) is 3.60. The topological polar surface area (TPSA) is 55.6 Å². The number of methoxy groups -OCH3 is 1. The Labute approximate surface area is 88.0 Å². The summed E-state index contributed by atoms with van der Waals surface area (Å²) in [5.41, 5.74) is 0.864. The van der Waals surface area contributed by atoms with Crippen molar-refractivity contribution in [2.75, 3.05) is 13.7 Å². The van der Waals surface area contributed by atoms with E-state index in [1.807, 2.05) is 0 Å². The Balaban J connectivity index is 2.15. The van der Waals surface area contributed by atoms with E-state index in [-0.39, 0.29) is 5.91 Å². The molecule has 1 aromatic rings. The van der Waals surface area contributed by atoms with Gasteiger partial charge in [-0.15, -0.1) is 0 Å². The number of rotatable bonds is 2. The zero-order chi connectivity index (χ0) is 10.8. The van der Waals surface area contributed by atoms with E-state index >= 15 is 0 Å². The second-order valence-corrected chi connectivity index (χ2v) is 3.60. The fourth-order valence-electron chi connectivity index (χ4n) is 1.71. The Morgan fingerprint density at radius 2 is 2.47 bits per heavy atom. The summed E-state index contributed by atoms with van der Waals surface area (Å²) >= 11 is 0. The minimum atomic E-state index is 0.0805. The fraction of sp³-hybridized carbons (Fsp3) is 0.600. The summed E-state index contributed by atoms with van der Waals surface area (Å²) in [5.74, 6) is 1.56. The maximum Gasteiger partial charge on any atom is 0.220 e. The van der Waals surface area contributed by atoms with Crippen LogP contribution in [0.25, 0.3) is 0 Å². The van der Waals surface area contributed by atoms with Crippen LogP contribution in [0.2, 0.25) is 0 Å². The van der Waals surface area contributed by atoms with E-state index in [1.54, 1.807) is 18.9 Å². The molecule has 0 fully saturated rings. The molecule has 1 amide bonds.